The normalized spacial score (nSPS) is 20.4. The Hall–Kier alpha value is -1.01. The number of carboxylic acid groups (broad SMARTS) is 1. The van der Waals surface area contributed by atoms with Gasteiger partial charge in [-0.1, -0.05) is 38.3 Å². The van der Waals surface area contributed by atoms with Crippen LogP contribution in [0.5, 0.6) is 0 Å². The number of carboxylic acids is 1. The fourth-order valence-electron chi connectivity index (χ4n) is 2.97. The zero-order valence-electron chi connectivity index (χ0n) is 15.6. The number of unbranched alkanes of at least 4 members (excludes halogenated alkanes) is 2. The number of rotatable bonds is 13. The van der Waals surface area contributed by atoms with E-state index in [-0.39, 0.29) is 18.4 Å². The van der Waals surface area contributed by atoms with Crippen molar-refractivity contribution in [2.24, 2.45) is 0 Å². The van der Waals surface area contributed by atoms with Crippen molar-refractivity contribution in [2.75, 3.05) is 18.1 Å². The quantitative estimate of drug-likeness (QED) is 0.383. The van der Waals surface area contributed by atoms with E-state index in [1.165, 1.54) is 0 Å². The number of aliphatic carboxylic acids is 1. The van der Waals surface area contributed by atoms with Crippen LogP contribution >= 0.6 is 11.8 Å². The maximum Gasteiger partial charge on any atom is 0.303 e. The van der Waals surface area contributed by atoms with E-state index in [1.807, 2.05) is 24.0 Å². The maximum atomic E-state index is 12.1. The molecule has 6 heteroatoms. The molecule has 25 heavy (non-hydrogen) atoms. The van der Waals surface area contributed by atoms with Gasteiger partial charge in [-0.2, -0.15) is 11.8 Å². The Balaban J connectivity index is 2.38. The van der Waals surface area contributed by atoms with Crippen molar-refractivity contribution in [3.8, 4) is 0 Å². The molecule has 1 saturated heterocycles. The van der Waals surface area contributed by atoms with Crippen molar-refractivity contribution in [3.05, 3.63) is 12.2 Å². The van der Waals surface area contributed by atoms with E-state index in [1.54, 1.807) is 11.8 Å². The largest absolute Gasteiger partial charge is 0.481 e. The summed E-state index contributed by atoms with van der Waals surface area (Å²) in [7, 11) is 0. The Morgan fingerprint density at radius 3 is 2.80 bits per heavy atom. The second-order valence-corrected chi connectivity index (χ2v) is 8.20. The molecule has 1 heterocycles. The van der Waals surface area contributed by atoms with Gasteiger partial charge in [-0.3, -0.25) is 9.59 Å². The Kier molecular flexibility index (Phi) is 10.2. The summed E-state index contributed by atoms with van der Waals surface area (Å²) in [4.78, 5) is 24.4. The van der Waals surface area contributed by atoms with Gasteiger partial charge < -0.3 is 15.1 Å². The van der Waals surface area contributed by atoms with E-state index < -0.39 is 11.6 Å². The van der Waals surface area contributed by atoms with E-state index >= 15 is 0 Å². The highest BCUT2D eigenvalue weighted by molar-refractivity contribution is 7.99. The van der Waals surface area contributed by atoms with Crippen LogP contribution in [0.3, 0.4) is 0 Å². The van der Waals surface area contributed by atoms with Gasteiger partial charge in [-0.05, 0) is 31.9 Å². The monoisotopic (exact) mass is 371 g/mol. The molecule has 1 aliphatic heterocycles. The van der Waals surface area contributed by atoms with Crippen LogP contribution in [0.2, 0.25) is 0 Å². The van der Waals surface area contributed by atoms with Crippen LogP contribution < -0.4 is 0 Å². The molecule has 1 fully saturated rings. The number of nitrogens with zero attached hydrogens (tertiary/aromatic N) is 1. The van der Waals surface area contributed by atoms with E-state index in [2.05, 4.69) is 6.92 Å². The molecular formula is C19H33NO4S. The first kappa shape index (κ1) is 22.0. The van der Waals surface area contributed by atoms with Crippen molar-refractivity contribution in [3.63, 3.8) is 0 Å². The third kappa shape index (κ3) is 9.31. The summed E-state index contributed by atoms with van der Waals surface area (Å²) in [6, 6.07) is 0.0739. The standard InChI is InChI=1S/C19H33NO4S/c1-3-4-5-11-19(2,24)12-10-16-8-9-17(21)20(16)13-15-25-14-6-7-18(22)23/h10,12,16,24H,3-9,11,13-15H2,1-2H3,(H,22,23)/b12-10+/t16-,19?/m1/s1. The molecule has 0 aliphatic carbocycles. The third-order valence-corrected chi connectivity index (χ3v) is 5.54. The minimum absolute atomic E-state index is 0.0739. The molecule has 5 nitrogen and oxygen atoms in total. The third-order valence-electron chi connectivity index (χ3n) is 4.49. The van der Waals surface area contributed by atoms with Crippen LogP contribution in [-0.4, -0.2) is 56.7 Å². The Morgan fingerprint density at radius 2 is 2.12 bits per heavy atom. The van der Waals surface area contributed by atoms with Gasteiger partial charge in [0.2, 0.25) is 5.91 Å². The predicted molar refractivity (Wildman–Crippen MR) is 103 cm³/mol. The van der Waals surface area contributed by atoms with Crippen molar-refractivity contribution >= 4 is 23.6 Å². The number of carbonyl (C=O) groups excluding carboxylic acids is 1. The van der Waals surface area contributed by atoms with E-state index in [0.29, 0.717) is 19.4 Å². The highest BCUT2D eigenvalue weighted by atomic mass is 32.2. The second-order valence-electron chi connectivity index (χ2n) is 6.98. The first-order chi connectivity index (χ1) is 11.9. The molecule has 0 spiro atoms. The number of aliphatic hydroxyl groups is 1. The van der Waals surface area contributed by atoms with Gasteiger partial charge in [0.25, 0.3) is 0 Å². The predicted octanol–water partition coefficient (Wildman–Crippen LogP) is 3.46. The van der Waals surface area contributed by atoms with Gasteiger partial charge >= 0.3 is 5.97 Å². The highest BCUT2D eigenvalue weighted by Crippen LogP contribution is 2.23. The molecule has 0 saturated carbocycles. The molecule has 0 aromatic rings. The molecule has 0 aromatic heterocycles. The summed E-state index contributed by atoms with van der Waals surface area (Å²) in [5, 5.41) is 19.0. The summed E-state index contributed by atoms with van der Waals surface area (Å²) in [6.07, 6.45) is 10.1. The Morgan fingerprint density at radius 1 is 1.36 bits per heavy atom. The van der Waals surface area contributed by atoms with Crippen molar-refractivity contribution in [1.82, 2.24) is 4.90 Å². The molecule has 0 bridgehead atoms. The molecule has 1 amide bonds. The zero-order valence-corrected chi connectivity index (χ0v) is 16.4. The first-order valence-corrected chi connectivity index (χ1v) is 10.5. The number of amides is 1. The smallest absolute Gasteiger partial charge is 0.303 e. The molecule has 1 unspecified atom stereocenters. The minimum Gasteiger partial charge on any atom is -0.481 e. The molecule has 1 aliphatic rings. The van der Waals surface area contributed by atoms with Gasteiger partial charge in [0.05, 0.1) is 11.6 Å². The zero-order chi connectivity index (χ0) is 18.7. The van der Waals surface area contributed by atoms with E-state index in [4.69, 9.17) is 5.11 Å². The van der Waals surface area contributed by atoms with E-state index in [0.717, 1.165) is 43.6 Å². The van der Waals surface area contributed by atoms with Crippen LogP contribution in [-0.2, 0) is 9.59 Å². The summed E-state index contributed by atoms with van der Waals surface area (Å²) in [5.41, 5.74) is -0.807. The van der Waals surface area contributed by atoms with Gasteiger partial charge in [0.1, 0.15) is 0 Å². The summed E-state index contributed by atoms with van der Waals surface area (Å²) >= 11 is 1.69. The first-order valence-electron chi connectivity index (χ1n) is 9.36. The number of thioether (sulfide) groups is 1. The molecule has 1 rings (SSSR count). The molecule has 0 radical (unpaired) electrons. The SMILES string of the molecule is CCCCCC(C)(O)/C=C/[C@H]1CCC(=O)N1CCSCCCC(=O)O. The van der Waals surface area contributed by atoms with Crippen LogP contribution in [0.15, 0.2) is 12.2 Å². The molecule has 144 valence electrons. The topological polar surface area (TPSA) is 77.8 Å². The molecular weight excluding hydrogens is 338 g/mol. The lowest BCUT2D eigenvalue weighted by Crippen LogP contribution is -2.34. The summed E-state index contributed by atoms with van der Waals surface area (Å²) in [5.74, 6) is 1.04. The molecule has 0 aromatic carbocycles. The minimum atomic E-state index is -0.807. The van der Waals surface area contributed by atoms with Gasteiger partial charge in [0.15, 0.2) is 0 Å². The van der Waals surface area contributed by atoms with Crippen LogP contribution in [0, 0.1) is 0 Å². The Labute approximate surface area is 155 Å². The van der Waals surface area contributed by atoms with Crippen LogP contribution in [0.4, 0.5) is 0 Å². The highest BCUT2D eigenvalue weighted by Gasteiger charge is 2.29. The Bertz CT molecular complexity index is 451. The molecule has 2 atom stereocenters. The average molecular weight is 372 g/mol. The second kappa shape index (κ2) is 11.6. The van der Waals surface area contributed by atoms with Crippen molar-refractivity contribution in [2.45, 2.75) is 76.9 Å². The van der Waals surface area contributed by atoms with Crippen molar-refractivity contribution < 1.29 is 19.8 Å². The number of hydrogen-bond acceptors (Lipinski definition) is 4. The van der Waals surface area contributed by atoms with Crippen LogP contribution in [0.1, 0.15) is 65.2 Å². The lowest BCUT2D eigenvalue weighted by atomic mass is 9.97. The lowest BCUT2D eigenvalue weighted by molar-refractivity contribution is -0.137. The number of carbonyl (C=O) groups is 2. The summed E-state index contributed by atoms with van der Waals surface area (Å²) < 4.78 is 0. The van der Waals surface area contributed by atoms with Gasteiger partial charge in [0, 0.05) is 25.1 Å². The van der Waals surface area contributed by atoms with Crippen molar-refractivity contribution in [1.29, 1.82) is 0 Å². The van der Waals surface area contributed by atoms with Gasteiger partial charge in [-0.15, -0.1) is 0 Å². The number of likely N-dealkylation sites (tertiary alicyclic amines) is 1. The van der Waals surface area contributed by atoms with Gasteiger partial charge in [-0.25, -0.2) is 0 Å². The van der Waals surface area contributed by atoms with Crippen LogP contribution in [0.25, 0.3) is 0 Å². The number of hydrogen-bond donors (Lipinski definition) is 2. The fraction of sp³-hybridized carbons (Fsp3) is 0.789. The van der Waals surface area contributed by atoms with E-state index in [9.17, 15) is 14.7 Å². The fourth-order valence-corrected chi connectivity index (χ4v) is 3.85. The molecule has 2 N–H and O–H groups in total. The average Bonchev–Trinajstić information content (AvgIpc) is 2.89. The lowest BCUT2D eigenvalue weighted by Gasteiger charge is -2.24. The summed E-state index contributed by atoms with van der Waals surface area (Å²) in [6.45, 7) is 4.66. The maximum absolute atomic E-state index is 12.1.